The first-order valence-electron chi connectivity index (χ1n) is 9.06. The molecule has 0 saturated heterocycles. The largest absolute Gasteiger partial charge is 0.491 e. The minimum absolute atomic E-state index is 0.0467. The molecule has 26 heavy (non-hydrogen) atoms. The van der Waals surface area contributed by atoms with Crippen LogP contribution in [0.4, 0.5) is 5.69 Å². The summed E-state index contributed by atoms with van der Waals surface area (Å²) in [5.74, 6) is 0.813. The average Bonchev–Trinajstić information content (AvgIpc) is 2.68. The van der Waals surface area contributed by atoms with E-state index in [0.717, 1.165) is 23.4 Å². The van der Waals surface area contributed by atoms with E-state index in [0.29, 0.717) is 18.8 Å². The van der Waals surface area contributed by atoms with Crippen molar-refractivity contribution < 1.29 is 14.3 Å². The number of hydrogen-bond donors (Lipinski definition) is 1. The van der Waals surface area contributed by atoms with Gasteiger partial charge in [0.05, 0.1) is 12.2 Å². The van der Waals surface area contributed by atoms with Crippen LogP contribution < -0.4 is 10.1 Å². The number of fused-ring (bicyclic) bond motifs is 1. The molecule has 138 valence electrons. The van der Waals surface area contributed by atoms with Crippen molar-refractivity contribution in [1.29, 1.82) is 0 Å². The number of amides is 1. The van der Waals surface area contributed by atoms with E-state index < -0.39 is 0 Å². The SMILES string of the molecule is CCC(C)N1C(=O)c2ccccc2NC1c1ccccc1OCCOC. The first kappa shape index (κ1) is 18.3. The van der Waals surface area contributed by atoms with E-state index in [-0.39, 0.29) is 18.1 Å². The number of hydrogen-bond acceptors (Lipinski definition) is 4. The van der Waals surface area contributed by atoms with Gasteiger partial charge in [-0.25, -0.2) is 0 Å². The third-order valence-corrected chi connectivity index (χ3v) is 4.79. The van der Waals surface area contributed by atoms with Gasteiger partial charge in [0.15, 0.2) is 0 Å². The molecule has 1 N–H and O–H groups in total. The maximum Gasteiger partial charge on any atom is 0.258 e. The fourth-order valence-corrected chi connectivity index (χ4v) is 3.22. The van der Waals surface area contributed by atoms with E-state index in [2.05, 4.69) is 19.2 Å². The van der Waals surface area contributed by atoms with Crippen LogP contribution >= 0.6 is 0 Å². The van der Waals surface area contributed by atoms with Gasteiger partial charge >= 0.3 is 0 Å². The van der Waals surface area contributed by atoms with Crippen LogP contribution in [0.2, 0.25) is 0 Å². The Bertz CT molecular complexity index is 762. The topological polar surface area (TPSA) is 50.8 Å². The van der Waals surface area contributed by atoms with Crippen LogP contribution in [0.15, 0.2) is 48.5 Å². The molecule has 5 heteroatoms. The highest BCUT2D eigenvalue weighted by molar-refractivity contribution is 6.02. The third kappa shape index (κ3) is 3.53. The Kier molecular flexibility index (Phi) is 5.78. The number of carbonyl (C=O) groups excluding carboxylic acids is 1. The van der Waals surface area contributed by atoms with Gasteiger partial charge in [0.25, 0.3) is 5.91 Å². The van der Waals surface area contributed by atoms with E-state index >= 15 is 0 Å². The summed E-state index contributed by atoms with van der Waals surface area (Å²) in [7, 11) is 1.65. The number of nitrogens with zero attached hydrogens (tertiary/aromatic N) is 1. The highest BCUT2D eigenvalue weighted by Gasteiger charge is 2.36. The molecule has 0 radical (unpaired) electrons. The molecule has 0 bridgehead atoms. The number of methoxy groups -OCH3 is 1. The van der Waals surface area contributed by atoms with E-state index in [1.54, 1.807) is 7.11 Å². The quantitative estimate of drug-likeness (QED) is 0.761. The standard InChI is InChI=1S/C21H26N2O3/c1-4-15(2)23-20(22-18-11-7-5-9-16(18)21(23)24)17-10-6-8-12-19(17)26-14-13-25-3/h5-12,15,20,22H,4,13-14H2,1-3H3. The van der Waals surface area contributed by atoms with Crippen molar-refractivity contribution in [2.75, 3.05) is 25.6 Å². The molecule has 0 aromatic heterocycles. The summed E-state index contributed by atoms with van der Waals surface area (Å²) >= 11 is 0. The Morgan fingerprint density at radius 1 is 1.12 bits per heavy atom. The summed E-state index contributed by atoms with van der Waals surface area (Å²) in [6, 6.07) is 15.6. The summed E-state index contributed by atoms with van der Waals surface area (Å²) in [5.41, 5.74) is 2.52. The molecule has 2 aromatic rings. The number of anilines is 1. The lowest BCUT2D eigenvalue weighted by Crippen LogP contribution is -2.47. The van der Waals surface area contributed by atoms with E-state index in [9.17, 15) is 4.79 Å². The lowest BCUT2D eigenvalue weighted by Gasteiger charge is -2.42. The minimum atomic E-state index is -0.272. The smallest absolute Gasteiger partial charge is 0.258 e. The van der Waals surface area contributed by atoms with Crippen LogP contribution in [-0.4, -0.2) is 37.2 Å². The maximum absolute atomic E-state index is 13.2. The maximum atomic E-state index is 13.2. The number of para-hydroxylation sites is 2. The van der Waals surface area contributed by atoms with Crippen LogP contribution in [0.5, 0.6) is 5.75 Å². The molecular weight excluding hydrogens is 328 g/mol. The zero-order valence-corrected chi connectivity index (χ0v) is 15.6. The van der Waals surface area contributed by atoms with E-state index in [4.69, 9.17) is 9.47 Å². The minimum Gasteiger partial charge on any atom is -0.491 e. The average molecular weight is 354 g/mol. The van der Waals surface area contributed by atoms with Gasteiger partial charge in [-0.3, -0.25) is 4.79 Å². The van der Waals surface area contributed by atoms with Gasteiger partial charge in [0.2, 0.25) is 0 Å². The van der Waals surface area contributed by atoms with Crippen LogP contribution in [0.3, 0.4) is 0 Å². The second kappa shape index (κ2) is 8.23. The number of rotatable bonds is 7. The van der Waals surface area contributed by atoms with Gasteiger partial charge in [-0.1, -0.05) is 37.3 Å². The molecule has 5 nitrogen and oxygen atoms in total. The number of ether oxygens (including phenoxy) is 2. The van der Waals surface area contributed by atoms with Crippen molar-refractivity contribution in [1.82, 2.24) is 4.90 Å². The molecule has 1 aliphatic rings. The monoisotopic (exact) mass is 354 g/mol. The van der Waals surface area contributed by atoms with Gasteiger partial charge in [0, 0.05) is 24.4 Å². The Balaban J connectivity index is 2.01. The van der Waals surface area contributed by atoms with Gasteiger partial charge in [-0.2, -0.15) is 0 Å². The lowest BCUT2D eigenvalue weighted by atomic mass is 10.0. The molecule has 1 amide bonds. The molecule has 1 aliphatic heterocycles. The van der Waals surface area contributed by atoms with Crippen LogP contribution in [-0.2, 0) is 4.74 Å². The molecule has 0 spiro atoms. The number of nitrogens with one attached hydrogen (secondary N) is 1. The zero-order valence-electron chi connectivity index (χ0n) is 15.6. The van der Waals surface area contributed by atoms with Crippen LogP contribution in [0, 0.1) is 0 Å². The van der Waals surface area contributed by atoms with E-state index in [1.807, 2.05) is 53.4 Å². The fourth-order valence-electron chi connectivity index (χ4n) is 3.22. The van der Waals surface area contributed by atoms with E-state index in [1.165, 1.54) is 0 Å². The van der Waals surface area contributed by atoms with Crippen molar-refractivity contribution in [3.8, 4) is 5.75 Å². The second-order valence-corrected chi connectivity index (χ2v) is 6.44. The molecule has 0 fully saturated rings. The summed E-state index contributed by atoms with van der Waals surface area (Å²) in [5, 5.41) is 3.53. The van der Waals surface area contributed by atoms with Gasteiger partial charge in [-0.05, 0) is 31.5 Å². The fraction of sp³-hybridized carbons (Fsp3) is 0.381. The third-order valence-electron chi connectivity index (χ3n) is 4.79. The van der Waals surface area contributed by atoms with Crippen molar-refractivity contribution in [2.45, 2.75) is 32.5 Å². The molecular formula is C21H26N2O3. The van der Waals surface area contributed by atoms with Gasteiger partial charge in [0.1, 0.15) is 18.5 Å². The van der Waals surface area contributed by atoms with Crippen molar-refractivity contribution in [2.24, 2.45) is 0 Å². The normalized spacial score (nSPS) is 17.4. The van der Waals surface area contributed by atoms with Gasteiger partial charge in [-0.15, -0.1) is 0 Å². The predicted octanol–water partition coefficient (Wildman–Crippen LogP) is 4.08. The summed E-state index contributed by atoms with van der Waals surface area (Å²) in [4.78, 5) is 15.1. The van der Waals surface area contributed by atoms with Crippen LogP contribution in [0.1, 0.15) is 42.4 Å². The second-order valence-electron chi connectivity index (χ2n) is 6.44. The first-order valence-corrected chi connectivity index (χ1v) is 9.06. The Labute approximate surface area is 154 Å². The molecule has 2 aromatic carbocycles. The molecule has 2 unspecified atom stereocenters. The molecule has 3 rings (SSSR count). The van der Waals surface area contributed by atoms with Crippen LogP contribution in [0.25, 0.3) is 0 Å². The van der Waals surface area contributed by atoms with Crippen molar-refractivity contribution >= 4 is 11.6 Å². The molecule has 2 atom stereocenters. The Morgan fingerprint density at radius 2 is 1.85 bits per heavy atom. The zero-order chi connectivity index (χ0) is 18.5. The lowest BCUT2D eigenvalue weighted by molar-refractivity contribution is 0.0589. The van der Waals surface area contributed by atoms with Crippen molar-refractivity contribution in [3.05, 3.63) is 59.7 Å². The molecule has 1 heterocycles. The summed E-state index contributed by atoms with van der Waals surface area (Å²) < 4.78 is 11.0. The molecule has 0 saturated carbocycles. The summed E-state index contributed by atoms with van der Waals surface area (Å²) in [6.45, 7) is 5.16. The first-order chi connectivity index (χ1) is 12.7. The Morgan fingerprint density at radius 3 is 2.62 bits per heavy atom. The molecule has 0 aliphatic carbocycles. The van der Waals surface area contributed by atoms with Gasteiger partial charge < -0.3 is 19.7 Å². The number of benzene rings is 2. The predicted molar refractivity (Wildman–Crippen MR) is 103 cm³/mol. The van der Waals surface area contributed by atoms with Crippen molar-refractivity contribution in [3.63, 3.8) is 0 Å². The highest BCUT2D eigenvalue weighted by Crippen LogP contribution is 2.38. The highest BCUT2D eigenvalue weighted by atomic mass is 16.5. The number of carbonyl (C=O) groups is 1. The summed E-state index contributed by atoms with van der Waals surface area (Å²) in [6.07, 6.45) is 0.602. The Hall–Kier alpha value is -2.53.